The van der Waals surface area contributed by atoms with Crippen molar-refractivity contribution in [2.45, 2.75) is 26.4 Å². The van der Waals surface area contributed by atoms with Crippen LogP contribution >= 0.6 is 0 Å². The molecule has 25 heavy (non-hydrogen) atoms. The van der Waals surface area contributed by atoms with Gasteiger partial charge in [-0.2, -0.15) is 0 Å². The first-order chi connectivity index (χ1) is 12.1. The molecule has 1 aliphatic rings. The zero-order valence-corrected chi connectivity index (χ0v) is 14.1. The second-order valence-electron chi connectivity index (χ2n) is 5.86. The third kappa shape index (κ3) is 4.32. The van der Waals surface area contributed by atoms with E-state index in [4.69, 9.17) is 9.47 Å². The van der Waals surface area contributed by atoms with E-state index in [1.54, 1.807) is 12.3 Å². The second-order valence-corrected chi connectivity index (χ2v) is 5.86. The molecule has 0 saturated carbocycles. The highest BCUT2D eigenvalue weighted by molar-refractivity contribution is 5.74. The van der Waals surface area contributed by atoms with Gasteiger partial charge in [0.15, 0.2) is 11.5 Å². The maximum atomic E-state index is 12.0. The lowest BCUT2D eigenvalue weighted by molar-refractivity contribution is 0.240. The fraction of sp³-hybridized carbons (Fsp3) is 0.333. The maximum absolute atomic E-state index is 12.0. The number of pyridine rings is 1. The quantitative estimate of drug-likeness (QED) is 0.790. The van der Waals surface area contributed by atoms with Gasteiger partial charge in [-0.1, -0.05) is 12.1 Å². The SMILES string of the molecule is Cc1c[nH]c(=O)c(CNC(=O)NCc2cccc3c2OCCCO3)c1. The van der Waals surface area contributed by atoms with Crippen LogP contribution < -0.4 is 25.7 Å². The number of nitrogens with one attached hydrogen (secondary N) is 3. The lowest BCUT2D eigenvalue weighted by Gasteiger charge is -2.13. The zero-order chi connectivity index (χ0) is 17.6. The van der Waals surface area contributed by atoms with Crippen LogP contribution in [-0.2, 0) is 13.1 Å². The molecule has 1 aromatic carbocycles. The topological polar surface area (TPSA) is 92.5 Å². The van der Waals surface area contributed by atoms with Crippen molar-refractivity contribution in [1.29, 1.82) is 0 Å². The Labute approximate surface area is 145 Å². The molecule has 132 valence electrons. The first-order valence-corrected chi connectivity index (χ1v) is 8.21. The van der Waals surface area contributed by atoms with E-state index in [1.807, 2.05) is 25.1 Å². The lowest BCUT2D eigenvalue weighted by atomic mass is 10.2. The number of hydrogen-bond acceptors (Lipinski definition) is 4. The third-order valence-electron chi connectivity index (χ3n) is 3.86. The predicted octanol–water partition coefficient (Wildman–Crippen LogP) is 1.84. The standard InChI is InChI=1S/C18H21N3O4/c1-12-8-14(17(22)19-9-12)11-21-18(23)20-10-13-4-2-5-15-16(13)25-7-3-6-24-15/h2,4-5,8-9H,3,6-7,10-11H2,1H3,(H,19,22)(H2,20,21,23). The summed E-state index contributed by atoms with van der Waals surface area (Å²) in [6.07, 6.45) is 2.46. The Hall–Kier alpha value is -2.96. The average Bonchev–Trinajstić information content (AvgIpc) is 2.86. The molecule has 2 heterocycles. The minimum atomic E-state index is -0.354. The number of aromatic nitrogens is 1. The molecule has 0 saturated heterocycles. The van der Waals surface area contributed by atoms with E-state index in [2.05, 4.69) is 15.6 Å². The summed E-state index contributed by atoms with van der Waals surface area (Å²) in [5.74, 6) is 1.37. The molecule has 0 radical (unpaired) electrons. The van der Waals surface area contributed by atoms with Crippen LogP contribution in [0.1, 0.15) is 23.1 Å². The van der Waals surface area contributed by atoms with Gasteiger partial charge >= 0.3 is 6.03 Å². The first kappa shape index (κ1) is 16.9. The number of rotatable bonds is 4. The molecule has 0 atom stereocenters. The van der Waals surface area contributed by atoms with Crippen LogP contribution in [0.25, 0.3) is 0 Å². The number of fused-ring (bicyclic) bond motifs is 1. The summed E-state index contributed by atoms with van der Waals surface area (Å²) in [5.41, 5.74) is 2.09. The van der Waals surface area contributed by atoms with Gasteiger partial charge in [-0.05, 0) is 24.6 Å². The highest BCUT2D eigenvalue weighted by atomic mass is 16.5. The van der Waals surface area contributed by atoms with Crippen LogP contribution in [0.15, 0.2) is 35.3 Å². The van der Waals surface area contributed by atoms with E-state index in [1.165, 1.54) is 0 Å². The summed E-state index contributed by atoms with van der Waals surface area (Å²) in [6, 6.07) is 7.01. The van der Waals surface area contributed by atoms with Gasteiger partial charge in [0.2, 0.25) is 0 Å². The molecule has 0 bridgehead atoms. The number of aromatic amines is 1. The number of benzene rings is 1. The van der Waals surface area contributed by atoms with Gasteiger partial charge in [0.05, 0.1) is 13.2 Å². The Morgan fingerprint density at radius 2 is 1.92 bits per heavy atom. The molecule has 7 heteroatoms. The van der Waals surface area contributed by atoms with Crippen LogP contribution in [0, 0.1) is 6.92 Å². The molecule has 0 spiro atoms. The molecule has 0 unspecified atom stereocenters. The molecular formula is C18H21N3O4. The molecule has 1 aliphatic heterocycles. The van der Waals surface area contributed by atoms with Gasteiger partial charge in [-0.25, -0.2) is 4.79 Å². The number of H-pyrrole nitrogens is 1. The van der Waals surface area contributed by atoms with Crippen LogP contribution in [-0.4, -0.2) is 24.2 Å². The Balaban J connectivity index is 1.58. The summed E-state index contributed by atoms with van der Waals surface area (Å²) in [5, 5.41) is 5.46. The zero-order valence-electron chi connectivity index (χ0n) is 14.1. The predicted molar refractivity (Wildman–Crippen MR) is 92.9 cm³/mol. The van der Waals surface area contributed by atoms with Crippen molar-refractivity contribution in [1.82, 2.24) is 15.6 Å². The van der Waals surface area contributed by atoms with Crippen LogP contribution in [0.3, 0.4) is 0 Å². The Morgan fingerprint density at radius 3 is 2.76 bits per heavy atom. The monoisotopic (exact) mass is 343 g/mol. The van der Waals surface area contributed by atoms with E-state index in [0.717, 1.165) is 17.5 Å². The normalized spacial score (nSPS) is 13.0. The Kier molecular flexibility index (Phi) is 5.23. The number of aryl methyl sites for hydroxylation is 1. The summed E-state index contributed by atoms with van der Waals surface area (Å²) >= 11 is 0. The van der Waals surface area contributed by atoms with E-state index >= 15 is 0 Å². The maximum Gasteiger partial charge on any atom is 0.315 e. The van der Waals surface area contributed by atoms with Crippen molar-refractivity contribution in [2.24, 2.45) is 0 Å². The molecule has 0 aliphatic carbocycles. The number of ether oxygens (including phenoxy) is 2. The minimum Gasteiger partial charge on any atom is -0.490 e. The molecule has 1 aromatic heterocycles. The number of carbonyl (C=O) groups is 1. The van der Waals surface area contributed by atoms with Gasteiger partial charge in [0, 0.05) is 36.8 Å². The van der Waals surface area contributed by atoms with Crippen LogP contribution in [0.5, 0.6) is 11.5 Å². The van der Waals surface area contributed by atoms with E-state index in [9.17, 15) is 9.59 Å². The molecule has 3 rings (SSSR count). The summed E-state index contributed by atoms with van der Waals surface area (Å²) in [4.78, 5) is 26.3. The molecule has 0 fully saturated rings. The number of carbonyl (C=O) groups excluding carboxylic acids is 1. The number of para-hydroxylation sites is 1. The van der Waals surface area contributed by atoms with Crippen molar-refractivity contribution in [3.63, 3.8) is 0 Å². The van der Waals surface area contributed by atoms with Gasteiger partial charge in [-0.15, -0.1) is 0 Å². The number of hydrogen-bond donors (Lipinski definition) is 3. The van der Waals surface area contributed by atoms with Gasteiger partial charge in [-0.3, -0.25) is 4.79 Å². The molecule has 2 aromatic rings. The Morgan fingerprint density at radius 1 is 1.16 bits per heavy atom. The van der Waals surface area contributed by atoms with E-state index in [-0.39, 0.29) is 18.1 Å². The average molecular weight is 343 g/mol. The van der Waals surface area contributed by atoms with Crippen molar-refractivity contribution < 1.29 is 14.3 Å². The number of urea groups is 1. The first-order valence-electron chi connectivity index (χ1n) is 8.21. The third-order valence-corrected chi connectivity index (χ3v) is 3.86. The van der Waals surface area contributed by atoms with Crippen molar-refractivity contribution in [3.05, 3.63) is 57.5 Å². The van der Waals surface area contributed by atoms with Crippen LogP contribution in [0.2, 0.25) is 0 Å². The molecule has 3 N–H and O–H groups in total. The molecule has 2 amide bonds. The van der Waals surface area contributed by atoms with Crippen molar-refractivity contribution in [3.8, 4) is 11.5 Å². The fourth-order valence-corrected chi connectivity index (χ4v) is 2.59. The van der Waals surface area contributed by atoms with Gasteiger partial charge < -0.3 is 25.1 Å². The smallest absolute Gasteiger partial charge is 0.315 e. The van der Waals surface area contributed by atoms with Gasteiger partial charge in [0.1, 0.15) is 0 Å². The molecular weight excluding hydrogens is 322 g/mol. The minimum absolute atomic E-state index is 0.162. The summed E-state index contributed by atoms with van der Waals surface area (Å²) < 4.78 is 11.4. The van der Waals surface area contributed by atoms with E-state index < -0.39 is 0 Å². The fourth-order valence-electron chi connectivity index (χ4n) is 2.59. The summed E-state index contributed by atoms with van der Waals surface area (Å²) in [7, 11) is 0. The molecule has 7 nitrogen and oxygen atoms in total. The Bertz CT molecular complexity index is 816. The number of amides is 2. The highest BCUT2D eigenvalue weighted by Crippen LogP contribution is 2.33. The largest absolute Gasteiger partial charge is 0.490 e. The van der Waals surface area contributed by atoms with Crippen LogP contribution in [0.4, 0.5) is 4.79 Å². The summed E-state index contributed by atoms with van der Waals surface area (Å²) in [6.45, 7) is 3.56. The highest BCUT2D eigenvalue weighted by Gasteiger charge is 2.15. The van der Waals surface area contributed by atoms with Crippen molar-refractivity contribution >= 4 is 6.03 Å². The second kappa shape index (κ2) is 7.74. The van der Waals surface area contributed by atoms with Crippen molar-refractivity contribution in [2.75, 3.05) is 13.2 Å². The lowest BCUT2D eigenvalue weighted by Crippen LogP contribution is -2.36. The van der Waals surface area contributed by atoms with Gasteiger partial charge in [0.25, 0.3) is 5.56 Å². The van der Waals surface area contributed by atoms with E-state index in [0.29, 0.717) is 36.8 Å².